The molecule has 0 aromatic heterocycles. The van der Waals surface area contributed by atoms with Crippen molar-refractivity contribution in [2.24, 2.45) is 11.8 Å². The molecule has 206 valence electrons. The molecule has 1 N–H and O–H groups in total. The van der Waals surface area contributed by atoms with Crippen molar-refractivity contribution in [1.82, 2.24) is 10.2 Å². The van der Waals surface area contributed by atoms with Crippen LogP contribution in [0.4, 0.5) is 4.79 Å². The molecule has 1 amide bonds. The second kappa shape index (κ2) is 13.4. The number of nitrogens with one attached hydrogen (secondary N) is 1. The first-order chi connectivity index (χ1) is 18.5. The summed E-state index contributed by atoms with van der Waals surface area (Å²) in [6.07, 6.45) is 4.36. The number of amides is 1. The van der Waals surface area contributed by atoms with E-state index in [2.05, 4.69) is 10.2 Å². The predicted octanol–water partition coefficient (Wildman–Crippen LogP) is 3.86. The normalized spacial score (nSPS) is 19.5. The van der Waals surface area contributed by atoms with Crippen molar-refractivity contribution in [3.63, 3.8) is 0 Å². The molecule has 0 aliphatic carbocycles. The lowest BCUT2D eigenvalue weighted by Crippen LogP contribution is -2.38. The van der Waals surface area contributed by atoms with Crippen LogP contribution in [0.1, 0.15) is 30.4 Å². The Kier molecular flexibility index (Phi) is 9.70. The molecule has 38 heavy (non-hydrogen) atoms. The average molecular weight is 527 g/mol. The molecule has 2 fully saturated rings. The maximum absolute atomic E-state index is 12.6. The van der Waals surface area contributed by atoms with Crippen molar-refractivity contribution >= 4 is 12.1 Å². The van der Waals surface area contributed by atoms with Gasteiger partial charge in [-0.05, 0) is 74.2 Å². The zero-order valence-corrected chi connectivity index (χ0v) is 22.5. The van der Waals surface area contributed by atoms with Crippen molar-refractivity contribution in [3.05, 3.63) is 47.5 Å². The Bertz CT molecular complexity index is 1100. The summed E-state index contributed by atoms with van der Waals surface area (Å²) in [6, 6.07) is 11.2. The fourth-order valence-electron chi connectivity index (χ4n) is 5.18. The summed E-state index contributed by atoms with van der Waals surface area (Å²) >= 11 is 0. The van der Waals surface area contributed by atoms with E-state index in [0.717, 1.165) is 30.8 Å². The van der Waals surface area contributed by atoms with E-state index in [-0.39, 0.29) is 17.8 Å². The summed E-state index contributed by atoms with van der Waals surface area (Å²) in [5.41, 5.74) is 1.95. The van der Waals surface area contributed by atoms with Gasteiger partial charge in [-0.3, -0.25) is 4.79 Å². The summed E-state index contributed by atoms with van der Waals surface area (Å²) in [5, 5.41) is 2.82. The molecule has 2 heterocycles. The van der Waals surface area contributed by atoms with E-state index in [4.69, 9.17) is 23.7 Å². The van der Waals surface area contributed by atoms with E-state index in [1.165, 1.54) is 26.4 Å². The molecule has 9 heteroatoms. The molecular formula is C29H38N2O7. The minimum Gasteiger partial charge on any atom is -0.493 e. The zero-order valence-electron chi connectivity index (χ0n) is 22.5. The first-order valence-corrected chi connectivity index (χ1v) is 13.2. The summed E-state index contributed by atoms with van der Waals surface area (Å²) in [7, 11) is 4.74. The number of carbonyl (C=O) groups excluding carboxylic acids is 2. The number of likely N-dealkylation sites (tertiary alicyclic amines) is 1. The largest absolute Gasteiger partial charge is 0.493 e. The maximum atomic E-state index is 12.6. The number of carbonyl (C=O) groups is 2. The van der Waals surface area contributed by atoms with Crippen LogP contribution >= 0.6 is 0 Å². The fraction of sp³-hybridized carbons (Fsp3) is 0.517. The van der Waals surface area contributed by atoms with Crippen molar-refractivity contribution in [2.45, 2.75) is 32.1 Å². The number of ether oxygens (including phenoxy) is 5. The first kappa shape index (κ1) is 27.6. The van der Waals surface area contributed by atoms with Crippen LogP contribution in [-0.4, -0.2) is 71.1 Å². The van der Waals surface area contributed by atoms with Gasteiger partial charge in [0.15, 0.2) is 23.0 Å². The van der Waals surface area contributed by atoms with E-state index in [9.17, 15) is 9.59 Å². The van der Waals surface area contributed by atoms with E-state index >= 15 is 0 Å². The van der Waals surface area contributed by atoms with Gasteiger partial charge in [0.25, 0.3) is 0 Å². The molecule has 2 aromatic rings. The molecule has 2 aromatic carbocycles. The lowest BCUT2D eigenvalue weighted by atomic mass is 9.85. The molecule has 2 saturated heterocycles. The van der Waals surface area contributed by atoms with Crippen molar-refractivity contribution in [2.75, 3.05) is 54.1 Å². The number of rotatable bonds is 11. The van der Waals surface area contributed by atoms with Gasteiger partial charge in [0, 0.05) is 19.0 Å². The van der Waals surface area contributed by atoms with E-state index in [1.54, 1.807) is 20.3 Å². The molecule has 2 atom stereocenters. The molecule has 2 aliphatic heterocycles. The molecular weight excluding hydrogens is 488 g/mol. The van der Waals surface area contributed by atoms with Gasteiger partial charge in [-0.25, -0.2) is 4.79 Å². The maximum Gasteiger partial charge on any atom is 0.412 e. The van der Waals surface area contributed by atoms with Crippen LogP contribution in [0.5, 0.6) is 23.0 Å². The lowest BCUT2D eigenvalue weighted by Gasteiger charge is -2.26. The molecule has 0 bridgehead atoms. The topological polar surface area (TPSA) is 95.6 Å². The molecule has 4 rings (SSSR count). The van der Waals surface area contributed by atoms with Gasteiger partial charge < -0.3 is 33.9 Å². The predicted molar refractivity (Wildman–Crippen MR) is 142 cm³/mol. The number of hydrogen-bond acceptors (Lipinski definition) is 8. The van der Waals surface area contributed by atoms with Gasteiger partial charge in [0.2, 0.25) is 0 Å². The van der Waals surface area contributed by atoms with Crippen LogP contribution in [0.25, 0.3) is 0 Å². The van der Waals surface area contributed by atoms with Crippen LogP contribution in [0.2, 0.25) is 0 Å². The van der Waals surface area contributed by atoms with Gasteiger partial charge >= 0.3 is 12.1 Å². The van der Waals surface area contributed by atoms with Crippen LogP contribution in [0.15, 0.2) is 36.4 Å². The number of hydrogen-bond donors (Lipinski definition) is 1. The monoisotopic (exact) mass is 526 g/mol. The Labute approximate surface area is 224 Å². The van der Waals surface area contributed by atoms with Gasteiger partial charge in [0.1, 0.15) is 0 Å². The third-order valence-corrected chi connectivity index (χ3v) is 7.29. The molecule has 0 spiro atoms. The van der Waals surface area contributed by atoms with E-state index < -0.39 is 6.09 Å². The number of esters is 1. The summed E-state index contributed by atoms with van der Waals surface area (Å²) in [4.78, 5) is 27.3. The highest BCUT2D eigenvalue weighted by molar-refractivity contribution is 5.75. The number of cyclic esters (lactones) is 1. The third kappa shape index (κ3) is 7.10. The molecule has 0 radical (unpaired) electrons. The number of piperidine rings is 1. The fourth-order valence-corrected chi connectivity index (χ4v) is 5.18. The Morgan fingerprint density at radius 1 is 0.895 bits per heavy atom. The quantitative estimate of drug-likeness (QED) is 0.441. The Morgan fingerprint density at radius 2 is 1.53 bits per heavy atom. The standard InChI is InChI=1S/C29H38N2O7/c1-34-24-9-7-20(17-26(24)35-2)15-22-19-37-28(32)23(22)16-21-8-10-25(27(18-21)36-3)38-29(33)30-11-14-31-12-5-4-6-13-31/h7-10,17-18,22-23H,4-6,11-16,19H2,1-3H3,(H,30,33)/t22-,23+/m0/s1. The summed E-state index contributed by atoms with van der Waals surface area (Å²) in [6.45, 7) is 3.87. The van der Waals surface area contributed by atoms with Crippen LogP contribution < -0.4 is 24.3 Å². The highest BCUT2D eigenvalue weighted by Crippen LogP contribution is 2.35. The smallest absolute Gasteiger partial charge is 0.412 e. The van der Waals surface area contributed by atoms with Crippen molar-refractivity contribution in [3.8, 4) is 23.0 Å². The minimum absolute atomic E-state index is 0.0215. The summed E-state index contributed by atoms with van der Waals surface area (Å²) < 4.78 is 27.2. The van der Waals surface area contributed by atoms with E-state index in [1.807, 2.05) is 30.3 Å². The third-order valence-electron chi connectivity index (χ3n) is 7.29. The van der Waals surface area contributed by atoms with E-state index in [0.29, 0.717) is 49.0 Å². The van der Waals surface area contributed by atoms with Gasteiger partial charge in [0.05, 0.1) is 33.9 Å². The SMILES string of the molecule is COc1ccc(C[C@H]2COC(=O)[C@@H]2Cc2ccc(OC(=O)NCCN3CCCCC3)c(OC)c2)cc1OC. The number of nitrogens with zero attached hydrogens (tertiary/aromatic N) is 1. The van der Waals surface area contributed by atoms with Crippen molar-refractivity contribution < 1.29 is 33.3 Å². The first-order valence-electron chi connectivity index (χ1n) is 13.2. The molecule has 2 aliphatic rings. The average Bonchev–Trinajstić information content (AvgIpc) is 3.28. The lowest BCUT2D eigenvalue weighted by molar-refractivity contribution is -0.141. The minimum atomic E-state index is -0.512. The van der Waals surface area contributed by atoms with Crippen LogP contribution in [0, 0.1) is 11.8 Å². The Hall–Kier alpha value is -3.46. The second-order valence-electron chi connectivity index (χ2n) is 9.80. The highest BCUT2D eigenvalue weighted by Gasteiger charge is 2.37. The molecule has 9 nitrogen and oxygen atoms in total. The highest BCUT2D eigenvalue weighted by atomic mass is 16.6. The Morgan fingerprint density at radius 3 is 2.21 bits per heavy atom. The molecule has 0 saturated carbocycles. The van der Waals surface area contributed by atoms with Crippen LogP contribution in [0.3, 0.4) is 0 Å². The second-order valence-corrected chi connectivity index (χ2v) is 9.80. The number of methoxy groups -OCH3 is 3. The number of benzene rings is 2. The summed E-state index contributed by atoms with van der Waals surface area (Å²) in [5.74, 6) is 1.62. The van der Waals surface area contributed by atoms with Crippen LogP contribution in [-0.2, 0) is 22.4 Å². The zero-order chi connectivity index (χ0) is 26.9. The van der Waals surface area contributed by atoms with Gasteiger partial charge in [-0.2, -0.15) is 0 Å². The Balaban J connectivity index is 1.35. The van der Waals surface area contributed by atoms with Gasteiger partial charge in [-0.15, -0.1) is 0 Å². The molecule has 0 unspecified atom stereocenters. The van der Waals surface area contributed by atoms with Crippen molar-refractivity contribution in [1.29, 1.82) is 0 Å². The van der Waals surface area contributed by atoms with Gasteiger partial charge in [-0.1, -0.05) is 18.6 Å².